The normalized spacial score (nSPS) is 33.8. The third kappa shape index (κ3) is 1.39. The van der Waals surface area contributed by atoms with Gasteiger partial charge >= 0.3 is 0 Å². The fourth-order valence-corrected chi connectivity index (χ4v) is 2.06. The fraction of sp³-hybridized carbons (Fsp3) is 0.889. The number of hydrogen-bond donors (Lipinski definition) is 0. The molecule has 68 valence electrons. The van der Waals surface area contributed by atoms with E-state index in [2.05, 4.69) is 0 Å². The minimum Gasteiger partial charge on any atom is -0.381 e. The molecule has 2 rings (SSSR count). The van der Waals surface area contributed by atoms with Crippen molar-refractivity contribution in [2.24, 2.45) is 5.92 Å². The van der Waals surface area contributed by atoms with E-state index in [1.807, 2.05) is 0 Å². The van der Waals surface area contributed by atoms with Crippen LogP contribution in [-0.2, 0) is 14.3 Å². The summed E-state index contributed by atoms with van der Waals surface area (Å²) in [5.41, 5.74) is -0.0101. The predicted molar refractivity (Wildman–Crippen MR) is 42.9 cm³/mol. The molecule has 1 spiro atoms. The van der Waals surface area contributed by atoms with E-state index in [9.17, 15) is 4.79 Å². The average molecular weight is 170 g/mol. The van der Waals surface area contributed by atoms with E-state index in [-0.39, 0.29) is 11.5 Å². The SMILES string of the molecule is O=CC1COC2(CCOCC2)C1. The van der Waals surface area contributed by atoms with Crippen molar-refractivity contribution < 1.29 is 14.3 Å². The van der Waals surface area contributed by atoms with E-state index < -0.39 is 0 Å². The van der Waals surface area contributed by atoms with Crippen molar-refractivity contribution in [2.45, 2.75) is 24.9 Å². The highest BCUT2D eigenvalue weighted by Gasteiger charge is 2.41. The van der Waals surface area contributed by atoms with E-state index in [4.69, 9.17) is 9.47 Å². The third-order valence-electron chi connectivity index (χ3n) is 2.83. The molecular formula is C9H14O3. The minimum atomic E-state index is -0.0101. The van der Waals surface area contributed by atoms with Gasteiger partial charge in [0.2, 0.25) is 0 Å². The molecule has 0 aliphatic carbocycles. The van der Waals surface area contributed by atoms with Crippen LogP contribution in [0.1, 0.15) is 19.3 Å². The number of aldehydes is 1. The highest BCUT2D eigenvalue weighted by Crippen LogP contribution is 2.36. The lowest BCUT2D eigenvalue weighted by Gasteiger charge is -2.32. The van der Waals surface area contributed by atoms with E-state index in [1.165, 1.54) is 0 Å². The summed E-state index contributed by atoms with van der Waals surface area (Å²) in [4.78, 5) is 10.5. The summed E-state index contributed by atoms with van der Waals surface area (Å²) >= 11 is 0. The molecule has 12 heavy (non-hydrogen) atoms. The van der Waals surface area contributed by atoms with Gasteiger partial charge in [-0.3, -0.25) is 0 Å². The minimum absolute atomic E-state index is 0.0101. The quantitative estimate of drug-likeness (QED) is 0.545. The number of ether oxygens (including phenoxy) is 2. The van der Waals surface area contributed by atoms with Crippen LogP contribution in [0.2, 0.25) is 0 Å². The van der Waals surface area contributed by atoms with Gasteiger partial charge in [0.15, 0.2) is 0 Å². The van der Waals surface area contributed by atoms with E-state index in [0.29, 0.717) is 6.61 Å². The lowest BCUT2D eigenvalue weighted by Crippen LogP contribution is -2.35. The van der Waals surface area contributed by atoms with Crippen LogP contribution >= 0.6 is 0 Å². The first kappa shape index (κ1) is 8.20. The molecule has 2 aliphatic heterocycles. The Morgan fingerprint density at radius 1 is 1.33 bits per heavy atom. The number of hydrogen-bond acceptors (Lipinski definition) is 3. The van der Waals surface area contributed by atoms with Gasteiger partial charge in [-0.2, -0.15) is 0 Å². The Kier molecular flexibility index (Phi) is 2.15. The predicted octanol–water partition coefficient (Wildman–Crippen LogP) is 0.771. The van der Waals surface area contributed by atoms with Gasteiger partial charge in [-0.15, -0.1) is 0 Å². The second kappa shape index (κ2) is 3.15. The molecule has 0 radical (unpaired) electrons. The van der Waals surface area contributed by atoms with Crippen LogP contribution in [0.4, 0.5) is 0 Å². The molecule has 0 N–H and O–H groups in total. The van der Waals surface area contributed by atoms with Crippen molar-refractivity contribution in [3.63, 3.8) is 0 Å². The topological polar surface area (TPSA) is 35.5 Å². The molecule has 2 fully saturated rings. The Hall–Kier alpha value is -0.410. The zero-order valence-electron chi connectivity index (χ0n) is 7.12. The van der Waals surface area contributed by atoms with Gasteiger partial charge in [-0.05, 0) is 19.3 Å². The van der Waals surface area contributed by atoms with Crippen LogP contribution in [0.5, 0.6) is 0 Å². The smallest absolute Gasteiger partial charge is 0.125 e. The second-order valence-electron chi connectivity index (χ2n) is 3.71. The van der Waals surface area contributed by atoms with Crippen LogP contribution in [0.25, 0.3) is 0 Å². The summed E-state index contributed by atoms with van der Waals surface area (Å²) < 4.78 is 10.9. The highest BCUT2D eigenvalue weighted by molar-refractivity contribution is 5.54. The molecule has 3 heteroatoms. The van der Waals surface area contributed by atoms with Crippen molar-refractivity contribution in [3.8, 4) is 0 Å². The van der Waals surface area contributed by atoms with E-state index in [0.717, 1.165) is 38.8 Å². The van der Waals surface area contributed by atoms with Gasteiger partial charge in [-0.1, -0.05) is 0 Å². The maximum atomic E-state index is 10.5. The monoisotopic (exact) mass is 170 g/mol. The van der Waals surface area contributed by atoms with Gasteiger partial charge in [0.1, 0.15) is 6.29 Å². The van der Waals surface area contributed by atoms with Gasteiger partial charge in [-0.25, -0.2) is 0 Å². The molecular weight excluding hydrogens is 156 g/mol. The van der Waals surface area contributed by atoms with E-state index >= 15 is 0 Å². The van der Waals surface area contributed by atoms with Crippen LogP contribution in [0, 0.1) is 5.92 Å². The fourth-order valence-electron chi connectivity index (χ4n) is 2.06. The second-order valence-corrected chi connectivity index (χ2v) is 3.71. The summed E-state index contributed by atoms with van der Waals surface area (Å²) in [6, 6.07) is 0. The summed E-state index contributed by atoms with van der Waals surface area (Å²) in [6.45, 7) is 2.18. The molecule has 0 amide bonds. The van der Waals surface area contributed by atoms with Gasteiger partial charge in [0, 0.05) is 19.1 Å². The maximum absolute atomic E-state index is 10.5. The van der Waals surface area contributed by atoms with Crippen molar-refractivity contribution in [1.29, 1.82) is 0 Å². The number of carbonyl (C=O) groups excluding carboxylic acids is 1. The summed E-state index contributed by atoms with van der Waals surface area (Å²) in [5.74, 6) is 0.128. The van der Waals surface area contributed by atoms with Gasteiger partial charge in [0.05, 0.1) is 12.2 Å². The Labute approximate surface area is 72.0 Å². The van der Waals surface area contributed by atoms with Crippen molar-refractivity contribution in [3.05, 3.63) is 0 Å². The third-order valence-corrected chi connectivity index (χ3v) is 2.83. The lowest BCUT2D eigenvalue weighted by molar-refractivity contribution is -0.111. The van der Waals surface area contributed by atoms with Crippen LogP contribution in [-0.4, -0.2) is 31.7 Å². The van der Waals surface area contributed by atoms with Gasteiger partial charge < -0.3 is 14.3 Å². The molecule has 1 unspecified atom stereocenters. The lowest BCUT2D eigenvalue weighted by atomic mass is 9.88. The zero-order valence-corrected chi connectivity index (χ0v) is 7.12. The Morgan fingerprint density at radius 3 is 2.67 bits per heavy atom. The molecule has 0 aromatic rings. The Bertz CT molecular complexity index is 173. The first-order chi connectivity index (χ1) is 5.85. The number of carbonyl (C=O) groups is 1. The highest BCUT2D eigenvalue weighted by atomic mass is 16.5. The molecule has 0 saturated carbocycles. The van der Waals surface area contributed by atoms with Crippen LogP contribution in [0.3, 0.4) is 0 Å². The average Bonchev–Trinajstić information content (AvgIpc) is 2.50. The van der Waals surface area contributed by atoms with Crippen LogP contribution in [0.15, 0.2) is 0 Å². The molecule has 2 heterocycles. The van der Waals surface area contributed by atoms with Crippen molar-refractivity contribution >= 4 is 6.29 Å². The summed E-state index contributed by atoms with van der Waals surface area (Å²) in [6.07, 6.45) is 3.83. The Balaban J connectivity index is 1.98. The summed E-state index contributed by atoms with van der Waals surface area (Å²) in [7, 11) is 0. The first-order valence-corrected chi connectivity index (χ1v) is 4.52. The molecule has 3 nitrogen and oxygen atoms in total. The van der Waals surface area contributed by atoms with Crippen molar-refractivity contribution in [1.82, 2.24) is 0 Å². The Morgan fingerprint density at radius 2 is 2.08 bits per heavy atom. The molecule has 0 aromatic heterocycles. The molecule has 0 bridgehead atoms. The standard InChI is InChI=1S/C9H14O3/c10-6-8-5-9(12-7-8)1-3-11-4-2-9/h6,8H,1-5,7H2. The molecule has 0 aromatic carbocycles. The van der Waals surface area contributed by atoms with E-state index in [1.54, 1.807) is 0 Å². The van der Waals surface area contributed by atoms with Crippen LogP contribution < -0.4 is 0 Å². The first-order valence-electron chi connectivity index (χ1n) is 4.52. The molecule has 2 saturated heterocycles. The van der Waals surface area contributed by atoms with Crippen molar-refractivity contribution in [2.75, 3.05) is 19.8 Å². The molecule has 1 atom stereocenters. The molecule has 2 aliphatic rings. The zero-order chi connectivity index (χ0) is 8.44. The van der Waals surface area contributed by atoms with Gasteiger partial charge in [0.25, 0.3) is 0 Å². The number of rotatable bonds is 1. The summed E-state index contributed by atoms with van der Waals surface area (Å²) in [5, 5.41) is 0. The maximum Gasteiger partial charge on any atom is 0.125 e. The largest absolute Gasteiger partial charge is 0.381 e.